The van der Waals surface area contributed by atoms with E-state index >= 15 is 0 Å². The summed E-state index contributed by atoms with van der Waals surface area (Å²) in [4.78, 5) is 23.9. The average molecular weight is 539 g/mol. The Balaban J connectivity index is 1.58. The fourth-order valence-corrected chi connectivity index (χ4v) is 3.54. The number of rotatable bonds is 9. The van der Waals surface area contributed by atoms with Crippen molar-refractivity contribution < 1.29 is 23.5 Å². The predicted molar refractivity (Wildman–Crippen MR) is 132 cm³/mol. The Kier molecular flexibility index (Phi) is 8.92. The maximum atomic E-state index is 12.9. The molecular formula is C25H20BrFN4O4. The van der Waals surface area contributed by atoms with E-state index < -0.39 is 24.1 Å². The lowest BCUT2D eigenvalue weighted by molar-refractivity contribution is -0.126. The summed E-state index contributed by atoms with van der Waals surface area (Å²) < 4.78 is 24.8. The Morgan fingerprint density at radius 3 is 2.60 bits per heavy atom. The van der Waals surface area contributed by atoms with Crippen LogP contribution in [0.4, 0.5) is 10.1 Å². The third-order valence-corrected chi connectivity index (χ3v) is 5.20. The van der Waals surface area contributed by atoms with Crippen molar-refractivity contribution >= 4 is 39.6 Å². The van der Waals surface area contributed by atoms with Crippen LogP contribution in [0.5, 0.6) is 11.5 Å². The van der Waals surface area contributed by atoms with Gasteiger partial charge in [-0.25, -0.2) is 9.82 Å². The van der Waals surface area contributed by atoms with Gasteiger partial charge in [-0.3, -0.25) is 9.59 Å². The molecule has 10 heteroatoms. The zero-order valence-corrected chi connectivity index (χ0v) is 20.1. The van der Waals surface area contributed by atoms with Crippen LogP contribution in [-0.2, 0) is 16.2 Å². The lowest BCUT2D eigenvalue weighted by Gasteiger charge is -2.14. The van der Waals surface area contributed by atoms with Crippen LogP contribution >= 0.6 is 15.9 Å². The molecule has 2 amide bonds. The smallest absolute Gasteiger partial charge is 0.249 e. The van der Waals surface area contributed by atoms with Crippen LogP contribution in [0.2, 0.25) is 0 Å². The maximum absolute atomic E-state index is 12.9. The van der Waals surface area contributed by atoms with Gasteiger partial charge in [-0.15, -0.1) is 0 Å². The molecule has 0 unspecified atom stereocenters. The molecule has 2 N–H and O–H groups in total. The Hall–Kier alpha value is -4.23. The van der Waals surface area contributed by atoms with E-state index in [1.165, 1.54) is 37.6 Å². The van der Waals surface area contributed by atoms with Crippen LogP contribution in [0.1, 0.15) is 23.1 Å². The highest BCUT2D eigenvalue weighted by Gasteiger charge is 2.13. The van der Waals surface area contributed by atoms with E-state index in [0.29, 0.717) is 32.8 Å². The zero-order chi connectivity index (χ0) is 25.2. The first kappa shape index (κ1) is 25.4. The van der Waals surface area contributed by atoms with Gasteiger partial charge in [0, 0.05) is 11.3 Å². The van der Waals surface area contributed by atoms with E-state index in [-0.39, 0.29) is 6.61 Å². The molecule has 3 aromatic rings. The Bertz CT molecular complexity index is 1290. The fourth-order valence-electron chi connectivity index (χ4n) is 2.96. The Labute approximate surface area is 209 Å². The van der Waals surface area contributed by atoms with Gasteiger partial charge in [0.2, 0.25) is 11.8 Å². The molecule has 0 heterocycles. The van der Waals surface area contributed by atoms with Crippen LogP contribution in [0.15, 0.2) is 70.2 Å². The third-order valence-electron chi connectivity index (χ3n) is 4.61. The molecule has 0 fully saturated rings. The number of anilines is 1. The molecule has 0 aliphatic carbocycles. The van der Waals surface area contributed by atoms with Crippen LogP contribution in [0.25, 0.3) is 0 Å². The van der Waals surface area contributed by atoms with E-state index in [2.05, 4.69) is 37.8 Å². The third kappa shape index (κ3) is 7.38. The van der Waals surface area contributed by atoms with Crippen LogP contribution < -0.4 is 20.2 Å². The number of carbonyl (C=O) groups excluding carboxylic acids is 2. The minimum atomic E-state index is -0.622. The highest BCUT2D eigenvalue weighted by Crippen LogP contribution is 2.37. The van der Waals surface area contributed by atoms with Crippen molar-refractivity contribution in [1.29, 1.82) is 5.26 Å². The number of nitrogens with one attached hydrogen (secondary N) is 2. The standard InChI is InChI=1S/C25H20BrFN4O4/c1-34-22-11-16(10-21(26)25(22)35-15-18-5-3-2-4-17(18)13-28)14-29-31-24(33)12-23(32)30-20-8-6-19(27)7-9-20/h2-11,14H,12,15H2,1H3,(H,30,32)(H,31,33). The molecule has 0 aliphatic rings. The van der Waals surface area contributed by atoms with Gasteiger partial charge in [0.05, 0.1) is 29.4 Å². The number of hydrogen-bond acceptors (Lipinski definition) is 6. The molecule has 0 bridgehead atoms. The molecule has 0 aliphatic heterocycles. The number of nitriles is 1. The van der Waals surface area contributed by atoms with Gasteiger partial charge in [0.15, 0.2) is 11.5 Å². The lowest BCUT2D eigenvalue weighted by atomic mass is 10.1. The first-order chi connectivity index (χ1) is 16.9. The van der Waals surface area contributed by atoms with Gasteiger partial charge in [0.1, 0.15) is 18.8 Å². The molecule has 0 atom stereocenters. The van der Waals surface area contributed by atoms with Gasteiger partial charge in [0.25, 0.3) is 0 Å². The summed E-state index contributed by atoms with van der Waals surface area (Å²) in [5, 5.41) is 15.6. The SMILES string of the molecule is COc1cc(C=NNC(=O)CC(=O)Nc2ccc(F)cc2)cc(Br)c1OCc1ccccc1C#N. The largest absolute Gasteiger partial charge is 0.493 e. The van der Waals surface area contributed by atoms with Crippen molar-refractivity contribution in [2.45, 2.75) is 13.0 Å². The number of hydrogen-bond donors (Lipinski definition) is 2. The quantitative estimate of drug-likeness (QED) is 0.236. The number of methoxy groups -OCH3 is 1. The number of nitrogens with zero attached hydrogens (tertiary/aromatic N) is 2. The van der Waals surface area contributed by atoms with E-state index in [4.69, 9.17) is 9.47 Å². The normalized spacial score (nSPS) is 10.5. The van der Waals surface area contributed by atoms with Crippen molar-refractivity contribution in [2.75, 3.05) is 12.4 Å². The molecule has 0 radical (unpaired) electrons. The van der Waals surface area contributed by atoms with Crippen molar-refractivity contribution in [3.05, 3.63) is 87.6 Å². The zero-order valence-electron chi connectivity index (χ0n) is 18.5. The molecule has 3 aromatic carbocycles. The van der Waals surface area contributed by atoms with E-state index in [1.807, 2.05) is 12.1 Å². The number of amides is 2. The fraction of sp³-hybridized carbons (Fsp3) is 0.120. The van der Waals surface area contributed by atoms with E-state index in [0.717, 1.165) is 5.56 Å². The maximum Gasteiger partial charge on any atom is 0.249 e. The first-order valence-corrected chi connectivity index (χ1v) is 11.0. The molecule has 0 spiro atoms. The van der Waals surface area contributed by atoms with Crippen LogP contribution in [0.3, 0.4) is 0 Å². The first-order valence-electron chi connectivity index (χ1n) is 10.2. The molecule has 0 aromatic heterocycles. The van der Waals surface area contributed by atoms with Crippen molar-refractivity contribution in [3.63, 3.8) is 0 Å². The number of benzene rings is 3. The van der Waals surface area contributed by atoms with Crippen LogP contribution in [0, 0.1) is 17.1 Å². The van der Waals surface area contributed by atoms with E-state index in [1.54, 1.807) is 24.3 Å². The molecule has 3 rings (SSSR count). The summed E-state index contributed by atoms with van der Waals surface area (Å²) in [6.45, 7) is 0.169. The van der Waals surface area contributed by atoms with E-state index in [9.17, 15) is 19.2 Å². The number of carbonyl (C=O) groups is 2. The van der Waals surface area contributed by atoms with Gasteiger partial charge < -0.3 is 14.8 Å². The predicted octanol–water partition coefficient (Wildman–Crippen LogP) is 4.53. The van der Waals surface area contributed by atoms with Gasteiger partial charge in [-0.1, -0.05) is 18.2 Å². The summed E-state index contributed by atoms with van der Waals surface area (Å²) >= 11 is 3.44. The highest BCUT2D eigenvalue weighted by atomic mass is 79.9. The second kappa shape index (κ2) is 12.3. The van der Waals surface area contributed by atoms with Gasteiger partial charge in [-0.05, 0) is 64.0 Å². The van der Waals surface area contributed by atoms with Crippen molar-refractivity contribution in [1.82, 2.24) is 5.43 Å². The Morgan fingerprint density at radius 2 is 1.89 bits per heavy atom. The summed E-state index contributed by atoms with van der Waals surface area (Å²) in [6, 6.07) is 17.8. The molecule has 0 saturated carbocycles. The van der Waals surface area contributed by atoms with Crippen LogP contribution in [-0.4, -0.2) is 25.1 Å². The Morgan fingerprint density at radius 1 is 1.14 bits per heavy atom. The summed E-state index contributed by atoms with van der Waals surface area (Å²) in [5.74, 6) is -0.752. The minimum Gasteiger partial charge on any atom is -0.493 e. The lowest BCUT2D eigenvalue weighted by Crippen LogP contribution is -2.24. The number of halogens is 2. The number of ether oxygens (including phenoxy) is 2. The van der Waals surface area contributed by atoms with Crippen molar-refractivity contribution in [3.8, 4) is 17.6 Å². The second-order valence-electron chi connectivity index (χ2n) is 7.12. The summed E-state index contributed by atoms with van der Waals surface area (Å²) in [7, 11) is 1.49. The topological polar surface area (TPSA) is 113 Å². The second-order valence-corrected chi connectivity index (χ2v) is 7.97. The summed E-state index contributed by atoms with van der Waals surface area (Å²) in [5.41, 5.74) is 4.51. The van der Waals surface area contributed by atoms with Gasteiger partial charge >= 0.3 is 0 Å². The number of hydrazone groups is 1. The molecule has 0 saturated heterocycles. The summed E-state index contributed by atoms with van der Waals surface area (Å²) in [6.07, 6.45) is 0.927. The molecule has 35 heavy (non-hydrogen) atoms. The van der Waals surface area contributed by atoms with Crippen molar-refractivity contribution in [2.24, 2.45) is 5.10 Å². The highest BCUT2D eigenvalue weighted by molar-refractivity contribution is 9.10. The molecule has 178 valence electrons. The molecule has 8 nitrogen and oxygen atoms in total. The average Bonchev–Trinajstić information content (AvgIpc) is 2.84. The minimum absolute atomic E-state index is 0.169. The monoisotopic (exact) mass is 538 g/mol. The molecular weight excluding hydrogens is 519 g/mol. The van der Waals surface area contributed by atoms with Gasteiger partial charge in [-0.2, -0.15) is 10.4 Å².